The quantitative estimate of drug-likeness (QED) is 0.166. The molecule has 0 radical (unpaired) electrons. The van der Waals surface area contributed by atoms with E-state index < -0.39 is 0 Å². The summed E-state index contributed by atoms with van der Waals surface area (Å²) in [5, 5.41) is 22.7. The third-order valence-corrected chi connectivity index (χ3v) is 10.8. The Morgan fingerprint density at radius 3 is 2.59 bits per heavy atom. The number of aromatic nitrogens is 3. The smallest absolute Gasteiger partial charge is 0.308 e. The monoisotopic (exact) mass is 706 g/mol. The number of carbonyl (C=O) groups is 2. The standard InChI is InChI=1S/C39H39ClN6O5/c1-22-27(6-4-7-28(22)38-44-31-17-24(21-47)16-26(18-41)35(31)51-38)29-8-5-9-30(34(29)40)43-37(48)36-42-32-20-46(15-14-33(32)45(36)2)19-23-10-12-25(13-11-23)39(49)50-3/h4-9,16-17,23,25,47H,10-15,19-21H2,1-3H3,(H,43,48)/t23-,25-. The molecule has 1 saturated carbocycles. The number of oxazole rings is 1. The van der Waals surface area contributed by atoms with Crippen molar-refractivity contribution in [3.8, 4) is 28.7 Å². The number of rotatable bonds is 8. The molecule has 51 heavy (non-hydrogen) atoms. The van der Waals surface area contributed by atoms with Gasteiger partial charge in [0.1, 0.15) is 11.6 Å². The van der Waals surface area contributed by atoms with Crippen LogP contribution in [0.3, 0.4) is 0 Å². The number of nitrogens with one attached hydrogen (secondary N) is 1. The van der Waals surface area contributed by atoms with Crippen LogP contribution < -0.4 is 5.32 Å². The maximum atomic E-state index is 13.7. The zero-order valence-electron chi connectivity index (χ0n) is 28.8. The molecule has 3 heterocycles. The summed E-state index contributed by atoms with van der Waals surface area (Å²) in [5.41, 5.74) is 7.31. The lowest BCUT2D eigenvalue weighted by atomic mass is 9.81. The minimum Gasteiger partial charge on any atom is -0.469 e. The van der Waals surface area contributed by atoms with Gasteiger partial charge in [-0.25, -0.2) is 9.97 Å². The molecule has 7 rings (SSSR count). The van der Waals surface area contributed by atoms with E-state index in [2.05, 4.69) is 21.3 Å². The molecule has 2 N–H and O–H groups in total. The van der Waals surface area contributed by atoms with Gasteiger partial charge < -0.3 is 24.1 Å². The molecule has 1 amide bonds. The second-order valence-corrected chi connectivity index (χ2v) is 13.9. The third-order valence-electron chi connectivity index (χ3n) is 10.4. The number of aliphatic hydroxyl groups is 1. The van der Waals surface area contributed by atoms with Crippen LogP contribution in [0.15, 0.2) is 52.9 Å². The van der Waals surface area contributed by atoms with Gasteiger partial charge in [0.05, 0.1) is 41.6 Å². The second-order valence-electron chi connectivity index (χ2n) is 13.5. The van der Waals surface area contributed by atoms with Gasteiger partial charge in [0, 0.05) is 49.9 Å². The summed E-state index contributed by atoms with van der Waals surface area (Å²) in [7, 11) is 3.34. The highest BCUT2D eigenvalue weighted by molar-refractivity contribution is 6.36. The first-order chi connectivity index (χ1) is 24.7. The summed E-state index contributed by atoms with van der Waals surface area (Å²) in [6.07, 6.45) is 4.56. The van der Waals surface area contributed by atoms with Crippen LogP contribution in [0.25, 0.3) is 33.7 Å². The van der Waals surface area contributed by atoms with Crippen LogP contribution in [-0.4, -0.2) is 56.6 Å². The number of anilines is 1. The van der Waals surface area contributed by atoms with Crippen LogP contribution in [0.5, 0.6) is 0 Å². The number of benzene rings is 3. The van der Waals surface area contributed by atoms with Crippen LogP contribution in [-0.2, 0) is 36.2 Å². The minimum absolute atomic E-state index is 0.0151. The number of amides is 1. The van der Waals surface area contributed by atoms with Gasteiger partial charge in [0.15, 0.2) is 11.4 Å². The van der Waals surface area contributed by atoms with Crippen molar-refractivity contribution in [1.82, 2.24) is 19.4 Å². The van der Waals surface area contributed by atoms with E-state index in [1.807, 2.05) is 48.9 Å². The molecule has 2 aliphatic rings. The molecule has 12 heteroatoms. The van der Waals surface area contributed by atoms with Gasteiger partial charge in [-0.15, -0.1) is 0 Å². The molecular weight excluding hydrogens is 668 g/mol. The molecule has 3 aromatic carbocycles. The maximum Gasteiger partial charge on any atom is 0.308 e. The molecule has 262 valence electrons. The number of methoxy groups -OCH3 is 1. The molecule has 2 aromatic heterocycles. The number of nitrogens with zero attached hydrogens (tertiary/aromatic N) is 5. The molecular formula is C39H39ClN6O5. The third kappa shape index (κ3) is 6.63. The van der Waals surface area contributed by atoms with Crippen molar-refractivity contribution in [2.45, 2.75) is 52.2 Å². The van der Waals surface area contributed by atoms with Crippen LogP contribution in [0.1, 0.15) is 64.4 Å². The average Bonchev–Trinajstić information content (AvgIpc) is 3.73. The Balaban J connectivity index is 1.08. The van der Waals surface area contributed by atoms with Gasteiger partial charge in [0.25, 0.3) is 5.91 Å². The number of imidazole rings is 1. The van der Waals surface area contributed by atoms with Crippen molar-refractivity contribution in [3.63, 3.8) is 0 Å². The van der Waals surface area contributed by atoms with Crippen molar-refractivity contribution in [2.75, 3.05) is 25.5 Å². The number of hydrogen-bond donors (Lipinski definition) is 2. The normalized spacial score (nSPS) is 17.6. The Labute approximate surface area is 300 Å². The number of esters is 1. The van der Waals surface area contributed by atoms with Crippen LogP contribution >= 0.6 is 11.6 Å². The summed E-state index contributed by atoms with van der Waals surface area (Å²) in [5.74, 6) is 0.785. The van der Waals surface area contributed by atoms with Gasteiger partial charge in [-0.1, -0.05) is 35.9 Å². The number of halogens is 1. The highest BCUT2D eigenvalue weighted by Crippen LogP contribution is 2.39. The summed E-state index contributed by atoms with van der Waals surface area (Å²) in [4.78, 5) is 37.5. The molecule has 0 atom stereocenters. The molecule has 0 saturated heterocycles. The van der Waals surface area contributed by atoms with E-state index in [4.69, 9.17) is 25.7 Å². The van der Waals surface area contributed by atoms with E-state index in [9.17, 15) is 20.0 Å². The Bertz CT molecular complexity index is 2190. The van der Waals surface area contributed by atoms with E-state index in [0.29, 0.717) is 57.1 Å². The topological polar surface area (TPSA) is 147 Å². The number of fused-ring (bicyclic) bond motifs is 2. The van der Waals surface area contributed by atoms with E-state index in [1.54, 1.807) is 18.2 Å². The number of carbonyl (C=O) groups excluding carboxylic acids is 2. The Morgan fingerprint density at radius 2 is 1.84 bits per heavy atom. The molecule has 11 nitrogen and oxygen atoms in total. The van der Waals surface area contributed by atoms with Crippen LogP contribution in [0, 0.1) is 30.1 Å². The summed E-state index contributed by atoms with van der Waals surface area (Å²) < 4.78 is 12.9. The fraction of sp³-hybridized carbons (Fsp3) is 0.359. The lowest BCUT2D eigenvalue weighted by Gasteiger charge is -2.33. The van der Waals surface area contributed by atoms with Crippen molar-refractivity contribution in [3.05, 3.63) is 87.5 Å². The van der Waals surface area contributed by atoms with E-state index in [-0.39, 0.29) is 24.4 Å². The van der Waals surface area contributed by atoms with Crippen LogP contribution in [0.2, 0.25) is 5.02 Å². The summed E-state index contributed by atoms with van der Waals surface area (Å²) in [6, 6.07) is 16.7. The first kappa shape index (κ1) is 34.4. The summed E-state index contributed by atoms with van der Waals surface area (Å²) >= 11 is 7.00. The SMILES string of the molecule is COC(=O)[C@H]1CC[C@H](CN2CCc3c(nc(C(=O)Nc4cccc(-c5cccc(-c6nc7cc(CO)cc(C#N)c7o6)c5C)c4Cl)n3C)C2)CC1. The van der Waals surface area contributed by atoms with Gasteiger partial charge in [-0.3, -0.25) is 14.5 Å². The van der Waals surface area contributed by atoms with Gasteiger partial charge in [-0.05, 0) is 79.5 Å². The van der Waals surface area contributed by atoms with Crippen molar-refractivity contribution < 1.29 is 23.8 Å². The van der Waals surface area contributed by atoms with Gasteiger partial charge >= 0.3 is 5.97 Å². The first-order valence-corrected chi connectivity index (χ1v) is 17.6. The van der Waals surface area contributed by atoms with E-state index in [0.717, 1.165) is 78.8 Å². The zero-order chi connectivity index (χ0) is 35.8. The zero-order valence-corrected chi connectivity index (χ0v) is 29.6. The van der Waals surface area contributed by atoms with E-state index in [1.165, 1.54) is 7.11 Å². The average molecular weight is 707 g/mol. The fourth-order valence-corrected chi connectivity index (χ4v) is 7.88. The van der Waals surface area contributed by atoms with Crippen molar-refractivity contribution in [1.29, 1.82) is 5.26 Å². The summed E-state index contributed by atoms with van der Waals surface area (Å²) in [6.45, 7) is 4.26. The minimum atomic E-state index is -0.342. The maximum absolute atomic E-state index is 13.7. The predicted molar refractivity (Wildman–Crippen MR) is 193 cm³/mol. The highest BCUT2D eigenvalue weighted by Gasteiger charge is 2.31. The highest BCUT2D eigenvalue weighted by atomic mass is 35.5. The second kappa shape index (κ2) is 14.3. The number of ether oxygens (including phenoxy) is 1. The Hall–Kier alpha value is -5.02. The van der Waals surface area contributed by atoms with Gasteiger partial charge in [-0.2, -0.15) is 5.26 Å². The molecule has 1 aliphatic heterocycles. The number of aliphatic hydroxyl groups excluding tert-OH is 1. The largest absolute Gasteiger partial charge is 0.469 e. The molecule has 0 bridgehead atoms. The fourth-order valence-electron chi connectivity index (χ4n) is 7.61. The lowest BCUT2D eigenvalue weighted by Crippen LogP contribution is -2.36. The van der Waals surface area contributed by atoms with Crippen molar-refractivity contribution in [2.24, 2.45) is 18.9 Å². The Kier molecular flexibility index (Phi) is 9.66. The number of hydrogen-bond acceptors (Lipinski definition) is 9. The first-order valence-electron chi connectivity index (χ1n) is 17.2. The molecule has 0 unspecified atom stereocenters. The molecule has 5 aromatic rings. The lowest BCUT2D eigenvalue weighted by molar-refractivity contribution is -0.146. The predicted octanol–water partition coefficient (Wildman–Crippen LogP) is 6.81. The van der Waals surface area contributed by atoms with Gasteiger partial charge in [0.2, 0.25) is 5.89 Å². The molecule has 0 spiro atoms. The molecule has 1 fully saturated rings. The van der Waals surface area contributed by atoms with Crippen LogP contribution in [0.4, 0.5) is 5.69 Å². The van der Waals surface area contributed by atoms with Crippen molar-refractivity contribution >= 4 is 40.3 Å². The molecule has 1 aliphatic carbocycles. The Morgan fingerprint density at radius 1 is 1.10 bits per heavy atom. The van der Waals surface area contributed by atoms with E-state index >= 15 is 0 Å². The number of nitriles is 1.